The van der Waals surface area contributed by atoms with Crippen LogP contribution in [-0.2, 0) is 0 Å². The van der Waals surface area contributed by atoms with Gasteiger partial charge in [-0.25, -0.2) is 9.78 Å². The number of nitrogens with zero attached hydrogens (tertiary/aromatic N) is 1. The molecule has 0 aliphatic heterocycles. The van der Waals surface area contributed by atoms with Crippen LogP contribution in [0.2, 0.25) is 0 Å². The topological polar surface area (TPSA) is 94.7 Å². The fraction of sp³-hybridized carbons (Fsp3) is 0.0769. The van der Waals surface area contributed by atoms with Gasteiger partial charge >= 0.3 is 5.97 Å². The summed E-state index contributed by atoms with van der Waals surface area (Å²) >= 11 is 3.33. The third-order valence-electron chi connectivity index (χ3n) is 2.45. The van der Waals surface area contributed by atoms with Crippen LogP contribution in [0.1, 0.15) is 10.5 Å². The molecule has 0 aliphatic rings. The van der Waals surface area contributed by atoms with Gasteiger partial charge in [0, 0.05) is 0 Å². The number of carboxylic acid groups (broad SMARTS) is 1. The van der Waals surface area contributed by atoms with Crippen molar-refractivity contribution in [2.75, 3.05) is 12.8 Å². The number of carbonyl (C=O) groups is 1. The summed E-state index contributed by atoms with van der Waals surface area (Å²) in [5.74, 6) is -0.00334. The lowest BCUT2D eigenvalue weighted by Crippen LogP contribution is -2.03. The van der Waals surface area contributed by atoms with E-state index in [0.717, 1.165) is 0 Å². The monoisotopic (exact) mass is 338 g/mol. The van der Waals surface area contributed by atoms with E-state index in [9.17, 15) is 4.79 Å². The maximum atomic E-state index is 10.9. The van der Waals surface area contributed by atoms with Gasteiger partial charge in [0.2, 0.25) is 5.88 Å². The van der Waals surface area contributed by atoms with Crippen LogP contribution < -0.4 is 15.2 Å². The highest BCUT2D eigenvalue weighted by atomic mass is 79.9. The Balaban J connectivity index is 2.34. The maximum absolute atomic E-state index is 10.9. The van der Waals surface area contributed by atoms with Crippen LogP contribution in [0.3, 0.4) is 0 Å². The van der Waals surface area contributed by atoms with E-state index in [1.165, 1.54) is 12.1 Å². The minimum atomic E-state index is -1.15. The van der Waals surface area contributed by atoms with Gasteiger partial charge in [0.05, 0.1) is 17.3 Å². The molecular weight excluding hydrogens is 328 g/mol. The molecule has 0 aliphatic carbocycles. The first-order chi connectivity index (χ1) is 9.51. The van der Waals surface area contributed by atoms with Gasteiger partial charge in [-0.2, -0.15) is 0 Å². The number of anilines is 1. The van der Waals surface area contributed by atoms with E-state index in [1.54, 1.807) is 25.3 Å². The predicted molar refractivity (Wildman–Crippen MR) is 76.4 cm³/mol. The molecule has 1 aromatic heterocycles. The van der Waals surface area contributed by atoms with Crippen molar-refractivity contribution < 1.29 is 19.4 Å². The highest BCUT2D eigenvalue weighted by Crippen LogP contribution is 2.33. The summed E-state index contributed by atoms with van der Waals surface area (Å²) < 4.78 is 11.2. The molecule has 0 bridgehead atoms. The molecule has 3 N–H and O–H groups in total. The highest BCUT2D eigenvalue weighted by molar-refractivity contribution is 9.10. The Labute approximate surface area is 123 Å². The Hall–Kier alpha value is -2.28. The van der Waals surface area contributed by atoms with Crippen molar-refractivity contribution in [1.29, 1.82) is 0 Å². The number of carboxylic acids is 1. The van der Waals surface area contributed by atoms with Crippen LogP contribution >= 0.6 is 15.9 Å². The molecule has 0 spiro atoms. The molecule has 2 aromatic rings. The predicted octanol–water partition coefficient (Wildman–Crippen LogP) is 2.93. The smallest absolute Gasteiger partial charge is 0.354 e. The number of ether oxygens (including phenoxy) is 2. The zero-order valence-electron chi connectivity index (χ0n) is 10.5. The molecule has 0 radical (unpaired) electrons. The Morgan fingerprint density at radius 2 is 2.10 bits per heavy atom. The van der Waals surface area contributed by atoms with Crippen LogP contribution in [0.4, 0.5) is 5.69 Å². The minimum absolute atomic E-state index is 0.0377. The van der Waals surface area contributed by atoms with Gasteiger partial charge in [-0.1, -0.05) is 0 Å². The number of hydrogen-bond donors (Lipinski definition) is 2. The van der Waals surface area contributed by atoms with E-state index < -0.39 is 5.97 Å². The number of halogens is 1. The van der Waals surface area contributed by atoms with E-state index in [4.69, 9.17) is 20.3 Å². The average Bonchev–Trinajstić information content (AvgIpc) is 2.42. The van der Waals surface area contributed by atoms with Gasteiger partial charge in [0.1, 0.15) is 11.5 Å². The first-order valence-corrected chi connectivity index (χ1v) is 6.31. The Kier molecular flexibility index (Phi) is 4.09. The van der Waals surface area contributed by atoms with Crippen LogP contribution in [0.5, 0.6) is 17.4 Å². The quantitative estimate of drug-likeness (QED) is 0.889. The van der Waals surface area contributed by atoms with E-state index >= 15 is 0 Å². The molecule has 0 atom stereocenters. The van der Waals surface area contributed by atoms with E-state index in [-0.39, 0.29) is 17.3 Å². The van der Waals surface area contributed by atoms with Crippen molar-refractivity contribution in [3.05, 3.63) is 40.5 Å². The third kappa shape index (κ3) is 3.00. The fourth-order valence-electron chi connectivity index (χ4n) is 1.45. The number of aromatic carboxylic acids is 1. The van der Waals surface area contributed by atoms with Gasteiger partial charge in [-0.15, -0.1) is 0 Å². The summed E-state index contributed by atoms with van der Waals surface area (Å²) in [4.78, 5) is 14.7. The Morgan fingerprint density at radius 1 is 1.35 bits per heavy atom. The largest absolute Gasteiger partial charge is 0.497 e. The van der Waals surface area contributed by atoms with Crippen molar-refractivity contribution in [2.24, 2.45) is 0 Å². The number of nitrogens with two attached hydrogens (primary N) is 1. The van der Waals surface area contributed by atoms with Crippen LogP contribution in [-0.4, -0.2) is 23.2 Å². The Bertz CT molecular complexity index is 661. The second kappa shape index (κ2) is 5.79. The molecule has 0 saturated heterocycles. The number of aromatic nitrogens is 1. The van der Waals surface area contributed by atoms with Gasteiger partial charge in [0.15, 0.2) is 5.69 Å². The fourth-order valence-corrected chi connectivity index (χ4v) is 1.89. The SMILES string of the molecule is COc1ccc(Oc2nc(C(=O)O)ccc2N)c(Br)c1. The third-order valence-corrected chi connectivity index (χ3v) is 3.07. The van der Waals surface area contributed by atoms with Crippen LogP contribution in [0.15, 0.2) is 34.8 Å². The van der Waals surface area contributed by atoms with Crippen molar-refractivity contribution in [3.63, 3.8) is 0 Å². The molecule has 1 heterocycles. The number of benzene rings is 1. The summed E-state index contributed by atoms with van der Waals surface area (Å²) in [6, 6.07) is 7.83. The average molecular weight is 339 g/mol. The molecule has 7 heteroatoms. The van der Waals surface area contributed by atoms with Gasteiger partial charge in [-0.3, -0.25) is 0 Å². The Morgan fingerprint density at radius 3 is 2.70 bits per heavy atom. The lowest BCUT2D eigenvalue weighted by molar-refractivity contribution is 0.0689. The van der Waals surface area contributed by atoms with Gasteiger partial charge in [-0.05, 0) is 46.3 Å². The number of pyridine rings is 1. The summed E-state index contributed by atoms with van der Waals surface area (Å²) in [7, 11) is 1.55. The molecule has 0 fully saturated rings. The second-order valence-electron chi connectivity index (χ2n) is 3.79. The molecule has 104 valence electrons. The van der Waals surface area contributed by atoms with Crippen molar-refractivity contribution in [2.45, 2.75) is 0 Å². The van der Waals surface area contributed by atoms with Crippen molar-refractivity contribution in [3.8, 4) is 17.4 Å². The first-order valence-electron chi connectivity index (χ1n) is 5.52. The molecule has 6 nitrogen and oxygen atoms in total. The highest BCUT2D eigenvalue weighted by Gasteiger charge is 2.12. The van der Waals surface area contributed by atoms with Crippen molar-refractivity contribution >= 4 is 27.6 Å². The molecule has 0 amide bonds. The molecule has 0 unspecified atom stereocenters. The standard InChI is InChI=1S/C13H11BrN2O4/c1-19-7-2-5-11(8(14)6-7)20-12-9(15)3-4-10(16-12)13(17)18/h2-6H,15H2,1H3,(H,17,18). The minimum Gasteiger partial charge on any atom is -0.497 e. The van der Waals surface area contributed by atoms with E-state index in [1.807, 2.05) is 0 Å². The number of hydrogen-bond acceptors (Lipinski definition) is 5. The van der Waals surface area contributed by atoms with E-state index in [0.29, 0.717) is 16.0 Å². The normalized spacial score (nSPS) is 10.1. The molecule has 0 saturated carbocycles. The first kappa shape index (κ1) is 14.1. The summed E-state index contributed by atoms with van der Waals surface area (Å²) in [5, 5.41) is 8.90. The zero-order valence-corrected chi connectivity index (χ0v) is 12.0. The summed E-state index contributed by atoms with van der Waals surface area (Å²) in [6.45, 7) is 0. The zero-order chi connectivity index (χ0) is 14.7. The van der Waals surface area contributed by atoms with Gasteiger partial charge in [0.25, 0.3) is 0 Å². The maximum Gasteiger partial charge on any atom is 0.354 e. The molecule has 20 heavy (non-hydrogen) atoms. The lowest BCUT2D eigenvalue weighted by Gasteiger charge is -2.10. The van der Waals surface area contributed by atoms with Crippen LogP contribution in [0, 0.1) is 0 Å². The summed E-state index contributed by atoms with van der Waals surface area (Å²) in [6.07, 6.45) is 0. The molecule has 2 rings (SSSR count). The number of rotatable bonds is 4. The van der Waals surface area contributed by atoms with E-state index in [2.05, 4.69) is 20.9 Å². The molecule has 1 aromatic carbocycles. The second-order valence-corrected chi connectivity index (χ2v) is 4.65. The number of methoxy groups -OCH3 is 1. The summed E-state index contributed by atoms with van der Waals surface area (Å²) in [5.41, 5.74) is 5.83. The van der Waals surface area contributed by atoms with Gasteiger partial charge < -0.3 is 20.3 Å². The van der Waals surface area contributed by atoms with Crippen molar-refractivity contribution in [1.82, 2.24) is 4.98 Å². The van der Waals surface area contributed by atoms with Crippen LogP contribution in [0.25, 0.3) is 0 Å². The lowest BCUT2D eigenvalue weighted by atomic mass is 10.3. The number of nitrogen functional groups attached to an aromatic ring is 1. The molecular formula is C13H11BrN2O4.